The SMILES string of the molecule is Nc1ccnc(N2CCOCC2)c1-n1ccnn1. The highest BCUT2D eigenvalue weighted by molar-refractivity contribution is 5.70. The van der Waals surface area contributed by atoms with Crippen molar-refractivity contribution in [2.75, 3.05) is 36.9 Å². The molecule has 7 heteroatoms. The maximum Gasteiger partial charge on any atom is 0.156 e. The number of aromatic nitrogens is 4. The fourth-order valence-electron chi connectivity index (χ4n) is 2.03. The Morgan fingerprint density at radius 3 is 2.78 bits per heavy atom. The largest absolute Gasteiger partial charge is 0.397 e. The van der Waals surface area contributed by atoms with Crippen molar-refractivity contribution in [3.8, 4) is 5.69 Å². The van der Waals surface area contributed by atoms with Crippen LogP contribution in [0.15, 0.2) is 24.7 Å². The number of hydrogen-bond donors (Lipinski definition) is 1. The van der Waals surface area contributed by atoms with Crippen LogP contribution >= 0.6 is 0 Å². The van der Waals surface area contributed by atoms with Gasteiger partial charge in [0, 0.05) is 19.3 Å². The van der Waals surface area contributed by atoms with E-state index in [0.717, 1.165) is 24.6 Å². The van der Waals surface area contributed by atoms with Gasteiger partial charge in [-0.2, -0.15) is 0 Å². The van der Waals surface area contributed by atoms with Gasteiger partial charge in [-0.1, -0.05) is 5.21 Å². The van der Waals surface area contributed by atoms with Crippen LogP contribution in [0, 0.1) is 0 Å². The fourth-order valence-corrected chi connectivity index (χ4v) is 2.03. The summed E-state index contributed by atoms with van der Waals surface area (Å²) in [4.78, 5) is 6.57. The van der Waals surface area contributed by atoms with Gasteiger partial charge in [0.05, 0.1) is 31.3 Å². The molecule has 2 aromatic heterocycles. The Morgan fingerprint density at radius 2 is 2.06 bits per heavy atom. The first-order chi connectivity index (χ1) is 8.86. The molecule has 0 spiro atoms. The van der Waals surface area contributed by atoms with E-state index < -0.39 is 0 Å². The van der Waals surface area contributed by atoms with Crippen molar-refractivity contribution < 1.29 is 4.74 Å². The van der Waals surface area contributed by atoms with Gasteiger partial charge >= 0.3 is 0 Å². The molecule has 3 rings (SSSR count). The average Bonchev–Trinajstić information content (AvgIpc) is 2.93. The number of anilines is 2. The minimum atomic E-state index is 0.636. The third kappa shape index (κ3) is 1.88. The Kier molecular flexibility index (Phi) is 2.81. The van der Waals surface area contributed by atoms with Crippen LogP contribution in [0.25, 0.3) is 5.69 Å². The molecule has 1 aliphatic heterocycles. The van der Waals surface area contributed by atoms with Crippen molar-refractivity contribution in [3.63, 3.8) is 0 Å². The van der Waals surface area contributed by atoms with Crippen LogP contribution in [0.1, 0.15) is 0 Å². The maximum atomic E-state index is 6.03. The summed E-state index contributed by atoms with van der Waals surface area (Å²) >= 11 is 0. The van der Waals surface area contributed by atoms with Gasteiger partial charge in [0.2, 0.25) is 0 Å². The van der Waals surface area contributed by atoms with Crippen molar-refractivity contribution in [2.45, 2.75) is 0 Å². The molecule has 2 aromatic rings. The molecule has 0 atom stereocenters. The second kappa shape index (κ2) is 4.61. The number of morpholine rings is 1. The highest BCUT2D eigenvalue weighted by atomic mass is 16.5. The van der Waals surface area contributed by atoms with Gasteiger partial charge in [-0.05, 0) is 6.07 Å². The number of nitrogens with zero attached hydrogens (tertiary/aromatic N) is 5. The number of hydrogen-bond acceptors (Lipinski definition) is 6. The number of pyridine rings is 1. The van der Waals surface area contributed by atoms with Crippen LogP contribution < -0.4 is 10.6 Å². The molecule has 94 valence electrons. The van der Waals surface area contributed by atoms with Crippen molar-refractivity contribution in [1.29, 1.82) is 0 Å². The van der Waals surface area contributed by atoms with Crippen LogP contribution in [-0.4, -0.2) is 46.3 Å². The number of nitrogens with two attached hydrogens (primary N) is 1. The van der Waals surface area contributed by atoms with Crippen LogP contribution in [0.5, 0.6) is 0 Å². The second-order valence-electron chi connectivity index (χ2n) is 4.02. The summed E-state index contributed by atoms with van der Waals surface area (Å²) in [5.74, 6) is 0.823. The normalized spacial score (nSPS) is 15.9. The number of nitrogen functional groups attached to an aromatic ring is 1. The zero-order chi connectivity index (χ0) is 12.4. The van der Waals surface area contributed by atoms with Crippen molar-refractivity contribution in [2.24, 2.45) is 0 Å². The molecule has 1 fully saturated rings. The van der Waals surface area contributed by atoms with Crippen LogP contribution in [0.3, 0.4) is 0 Å². The summed E-state index contributed by atoms with van der Waals surface area (Å²) in [5, 5.41) is 7.80. The topological polar surface area (TPSA) is 82.1 Å². The van der Waals surface area contributed by atoms with Crippen molar-refractivity contribution in [3.05, 3.63) is 24.7 Å². The van der Waals surface area contributed by atoms with Gasteiger partial charge in [0.15, 0.2) is 5.82 Å². The lowest BCUT2D eigenvalue weighted by molar-refractivity contribution is 0.122. The standard InChI is InChI=1S/C11H14N6O/c12-9-1-2-13-11(16-5-7-18-8-6-16)10(9)17-4-3-14-15-17/h1-4H,5-8H2,(H2,12,13). The van der Waals surface area contributed by atoms with E-state index in [4.69, 9.17) is 10.5 Å². The maximum absolute atomic E-state index is 6.03. The molecule has 0 unspecified atom stereocenters. The first-order valence-corrected chi connectivity index (χ1v) is 5.80. The molecular weight excluding hydrogens is 232 g/mol. The molecule has 0 aromatic carbocycles. The predicted octanol–water partition coefficient (Wildman–Crippen LogP) is 0.0811. The van der Waals surface area contributed by atoms with Gasteiger partial charge < -0.3 is 15.4 Å². The Morgan fingerprint density at radius 1 is 1.22 bits per heavy atom. The molecule has 2 N–H and O–H groups in total. The summed E-state index contributed by atoms with van der Waals surface area (Å²) in [6, 6.07) is 1.76. The third-order valence-corrected chi connectivity index (χ3v) is 2.90. The Balaban J connectivity index is 2.05. The van der Waals surface area contributed by atoms with E-state index in [9.17, 15) is 0 Å². The van der Waals surface area contributed by atoms with E-state index in [0.29, 0.717) is 18.9 Å². The molecule has 0 saturated carbocycles. The van der Waals surface area contributed by atoms with Gasteiger partial charge in [-0.3, -0.25) is 0 Å². The summed E-state index contributed by atoms with van der Waals surface area (Å²) < 4.78 is 6.99. The molecule has 0 radical (unpaired) electrons. The van der Waals surface area contributed by atoms with Gasteiger partial charge in [0.1, 0.15) is 5.69 Å². The van der Waals surface area contributed by atoms with Crippen LogP contribution in [0.2, 0.25) is 0 Å². The van der Waals surface area contributed by atoms with Crippen LogP contribution in [0.4, 0.5) is 11.5 Å². The zero-order valence-corrected chi connectivity index (χ0v) is 9.86. The molecule has 1 aliphatic rings. The molecular formula is C11H14N6O. The highest BCUT2D eigenvalue weighted by Crippen LogP contribution is 2.27. The fraction of sp³-hybridized carbons (Fsp3) is 0.364. The van der Waals surface area contributed by atoms with E-state index in [-0.39, 0.29) is 0 Å². The molecule has 0 aliphatic carbocycles. The molecule has 18 heavy (non-hydrogen) atoms. The quantitative estimate of drug-likeness (QED) is 0.808. The predicted molar refractivity (Wildman–Crippen MR) is 66.6 cm³/mol. The Hall–Kier alpha value is -2.15. The summed E-state index contributed by atoms with van der Waals surface area (Å²) in [6.45, 7) is 3.01. The molecule has 3 heterocycles. The highest BCUT2D eigenvalue weighted by Gasteiger charge is 2.19. The summed E-state index contributed by atoms with van der Waals surface area (Å²) in [5.41, 5.74) is 7.44. The van der Waals surface area contributed by atoms with Gasteiger partial charge in [0.25, 0.3) is 0 Å². The van der Waals surface area contributed by atoms with E-state index in [1.807, 2.05) is 0 Å². The lowest BCUT2D eigenvalue weighted by Gasteiger charge is -2.29. The minimum absolute atomic E-state index is 0.636. The lowest BCUT2D eigenvalue weighted by Crippen LogP contribution is -2.37. The van der Waals surface area contributed by atoms with E-state index in [1.165, 1.54) is 0 Å². The minimum Gasteiger partial charge on any atom is -0.397 e. The first kappa shape index (κ1) is 11.0. The van der Waals surface area contributed by atoms with E-state index >= 15 is 0 Å². The van der Waals surface area contributed by atoms with E-state index in [1.54, 1.807) is 29.3 Å². The van der Waals surface area contributed by atoms with E-state index in [2.05, 4.69) is 20.2 Å². The third-order valence-electron chi connectivity index (χ3n) is 2.90. The molecule has 0 bridgehead atoms. The lowest BCUT2D eigenvalue weighted by atomic mass is 10.3. The number of ether oxygens (including phenoxy) is 1. The average molecular weight is 246 g/mol. The monoisotopic (exact) mass is 246 g/mol. The van der Waals surface area contributed by atoms with Gasteiger partial charge in [-0.15, -0.1) is 5.10 Å². The smallest absolute Gasteiger partial charge is 0.156 e. The Bertz CT molecular complexity index is 520. The second-order valence-corrected chi connectivity index (χ2v) is 4.02. The Labute approximate surface area is 104 Å². The van der Waals surface area contributed by atoms with Crippen molar-refractivity contribution >= 4 is 11.5 Å². The van der Waals surface area contributed by atoms with Gasteiger partial charge in [-0.25, -0.2) is 9.67 Å². The first-order valence-electron chi connectivity index (χ1n) is 5.80. The molecule has 1 saturated heterocycles. The summed E-state index contributed by atoms with van der Waals surface area (Å²) in [7, 11) is 0. The molecule has 7 nitrogen and oxygen atoms in total. The summed E-state index contributed by atoms with van der Waals surface area (Å²) in [6.07, 6.45) is 5.09. The molecule has 0 amide bonds. The zero-order valence-electron chi connectivity index (χ0n) is 9.86. The van der Waals surface area contributed by atoms with Crippen molar-refractivity contribution in [1.82, 2.24) is 20.0 Å². The number of rotatable bonds is 2. The van der Waals surface area contributed by atoms with Crippen LogP contribution in [-0.2, 0) is 4.74 Å².